The Labute approximate surface area is 106 Å². The van der Waals surface area contributed by atoms with E-state index in [0.717, 1.165) is 12.5 Å². The molecule has 1 N–H and O–H groups in total. The van der Waals surface area contributed by atoms with Crippen LogP contribution in [0.4, 0.5) is 0 Å². The summed E-state index contributed by atoms with van der Waals surface area (Å²) in [5.74, 6) is 0.812. The molecule has 1 aliphatic rings. The lowest BCUT2D eigenvalue weighted by atomic mass is 9.71. The van der Waals surface area contributed by atoms with E-state index in [1.807, 2.05) is 0 Å². The van der Waals surface area contributed by atoms with E-state index in [9.17, 15) is 0 Å². The summed E-state index contributed by atoms with van der Waals surface area (Å²) in [7, 11) is 0. The van der Waals surface area contributed by atoms with E-state index in [-0.39, 0.29) is 0 Å². The average Bonchev–Trinajstić information content (AvgIpc) is 2.32. The summed E-state index contributed by atoms with van der Waals surface area (Å²) in [6.45, 7) is 8.19. The van der Waals surface area contributed by atoms with Gasteiger partial charge in [0.2, 0.25) is 0 Å². The Morgan fingerprint density at radius 3 is 2.65 bits per heavy atom. The van der Waals surface area contributed by atoms with Crippen molar-refractivity contribution in [2.45, 2.75) is 52.6 Å². The summed E-state index contributed by atoms with van der Waals surface area (Å²) < 4.78 is 0. The van der Waals surface area contributed by atoms with Crippen LogP contribution in [0.2, 0.25) is 0 Å². The number of hydrogen-bond donors (Lipinski definition) is 1. The molecule has 94 valence electrons. The van der Waals surface area contributed by atoms with E-state index in [1.165, 1.54) is 24.8 Å². The molecular weight excluding hydrogens is 206 g/mol. The van der Waals surface area contributed by atoms with Crippen LogP contribution in [0.1, 0.15) is 45.6 Å². The summed E-state index contributed by atoms with van der Waals surface area (Å²) >= 11 is 0. The van der Waals surface area contributed by atoms with E-state index in [4.69, 9.17) is 0 Å². The molecule has 1 aromatic carbocycles. The van der Waals surface area contributed by atoms with Gasteiger partial charge in [-0.2, -0.15) is 0 Å². The maximum absolute atomic E-state index is 3.74. The minimum absolute atomic E-state index is 0.515. The molecule has 1 fully saturated rings. The van der Waals surface area contributed by atoms with Gasteiger partial charge in [-0.3, -0.25) is 0 Å². The molecule has 1 nitrogen and oxygen atoms in total. The van der Waals surface area contributed by atoms with Crippen LogP contribution in [0.25, 0.3) is 0 Å². The molecule has 0 heterocycles. The Morgan fingerprint density at radius 2 is 1.94 bits per heavy atom. The first kappa shape index (κ1) is 12.6. The zero-order chi connectivity index (χ0) is 12.3. The fraction of sp³-hybridized carbons (Fsp3) is 0.625. The maximum atomic E-state index is 3.74. The first-order valence-electron chi connectivity index (χ1n) is 6.84. The summed E-state index contributed by atoms with van der Waals surface area (Å²) in [5, 5.41) is 3.74. The van der Waals surface area contributed by atoms with Gasteiger partial charge in [-0.25, -0.2) is 0 Å². The fourth-order valence-electron chi connectivity index (χ4n) is 2.84. The second-order valence-electron chi connectivity index (χ2n) is 6.36. The molecule has 1 aliphatic carbocycles. The van der Waals surface area contributed by atoms with Gasteiger partial charge in [0.1, 0.15) is 0 Å². The Balaban J connectivity index is 1.89. The molecule has 17 heavy (non-hydrogen) atoms. The van der Waals surface area contributed by atoms with Crippen molar-refractivity contribution in [3.63, 3.8) is 0 Å². The third-order valence-corrected chi connectivity index (χ3v) is 4.15. The van der Waals surface area contributed by atoms with E-state index in [2.05, 4.69) is 56.4 Å². The average molecular weight is 231 g/mol. The highest BCUT2D eigenvalue weighted by Gasteiger charge is 2.32. The monoisotopic (exact) mass is 231 g/mol. The van der Waals surface area contributed by atoms with Crippen molar-refractivity contribution in [1.29, 1.82) is 0 Å². The molecule has 0 bridgehead atoms. The molecule has 0 aliphatic heterocycles. The summed E-state index contributed by atoms with van der Waals surface area (Å²) in [6.07, 6.45) is 4.04. The molecular formula is C16H25N. The third kappa shape index (κ3) is 3.57. The first-order valence-corrected chi connectivity index (χ1v) is 6.84. The molecule has 2 atom stereocenters. The van der Waals surface area contributed by atoms with Gasteiger partial charge in [-0.05, 0) is 36.2 Å². The topological polar surface area (TPSA) is 12.0 Å². The summed E-state index contributed by atoms with van der Waals surface area (Å²) in [4.78, 5) is 0. The van der Waals surface area contributed by atoms with Gasteiger partial charge in [-0.15, -0.1) is 0 Å². The fourth-order valence-corrected chi connectivity index (χ4v) is 2.84. The second kappa shape index (κ2) is 5.22. The number of rotatable bonds is 3. The molecule has 0 aromatic heterocycles. The Bertz CT molecular complexity index is 342. The zero-order valence-corrected chi connectivity index (χ0v) is 11.4. The summed E-state index contributed by atoms with van der Waals surface area (Å²) in [6, 6.07) is 11.4. The van der Waals surface area contributed by atoms with Crippen LogP contribution in [0.5, 0.6) is 0 Å². The van der Waals surface area contributed by atoms with Crippen LogP contribution in [-0.2, 0) is 6.54 Å². The normalized spacial score (nSPS) is 27.9. The van der Waals surface area contributed by atoms with Gasteiger partial charge in [-0.1, -0.05) is 51.1 Å². The van der Waals surface area contributed by atoms with Crippen LogP contribution < -0.4 is 5.32 Å². The largest absolute Gasteiger partial charge is 0.310 e. The lowest BCUT2D eigenvalue weighted by Crippen LogP contribution is -2.42. The standard InChI is InChI=1S/C16H25N/c1-13-9-10-16(2,3)11-15(13)17-12-14-7-5-4-6-8-14/h4-8,13,15,17H,9-12H2,1-3H3/t13-,15+/m0/s1. The zero-order valence-electron chi connectivity index (χ0n) is 11.4. The molecule has 0 saturated heterocycles. The van der Waals surface area contributed by atoms with E-state index >= 15 is 0 Å². The van der Waals surface area contributed by atoms with Crippen molar-refractivity contribution < 1.29 is 0 Å². The van der Waals surface area contributed by atoms with Gasteiger partial charge in [0, 0.05) is 12.6 Å². The van der Waals surface area contributed by atoms with Crippen LogP contribution >= 0.6 is 0 Å². The minimum Gasteiger partial charge on any atom is -0.310 e. The van der Waals surface area contributed by atoms with E-state index in [1.54, 1.807) is 0 Å². The SMILES string of the molecule is C[C@H]1CCC(C)(C)C[C@H]1NCc1ccccc1. The quantitative estimate of drug-likeness (QED) is 0.829. The first-order chi connectivity index (χ1) is 8.07. The highest BCUT2D eigenvalue weighted by Crippen LogP contribution is 2.38. The predicted molar refractivity (Wildman–Crippen MR) is 73.9 cm³/mol. The molecule has 1 aromatic rings. The van der Waals surface area contributed by atoms with Crippen molar-refractivity contribution in [2.24, 2.45) is 11.3 Å². The molecule has 2 rings (SSSR count). The smallest absolute Gasteiger partial charge is 0.0208 e. The van der Waals surface area contributed by atoms with Crippen molar-refractivity contribution in [2.75, 3.05) is 0 Å². The molecule has 0 amide bonds. The highest BCUT2D eigenvalue weighted by molar-refractivity contribution is 5.14. The van der Waals surface area contributed by atoms with Crippen LogP contribution in [-0.4, -0.2) is 6.04 Å². The highest BCUT2D eigenvalue weighted by atomic mass is 14.9. The second-order valence-corrected chi connectivity index (χ2v) is 6.36. The van der Waals surface area contributed by atoms with E-state index < -0.39 is 0 Å². The Kier molecular flexibility index (Phi) is 3.88. The van der Waals surface area contributed by atoms with Gasteiger partial charge in [0.05, 0.1) is 0 Å². The van der Waals surface area contributed by atoms with Crippen molar-refractivity contribution >= 4 is 0 Å². The third-order valence-electron chi connectivity index (χ3n) is 4.15. The van der Waals surface area contributed by atoms with E-state index in [0.29, 0.717) is 11.5 Å². The van der Waals surface area contributed by atoms with Crippen LogP contribution in [0.3, 0.4) is 0 Å². The van der Waals surface area contributed by atoms with Gasteiger partial charge >= 0.3 is 0 Å². The summed E-state index contributed by atoms with van der Waals surface area (Å²) in [5.41, 5.74) is 1.91. The number of nitrogens with one attached hydrogen (secondary N) is 1. The lowest BCUT2D eigenvalue weighted by Gasteiger charge is -2.40. The van der Waals surface area contributed by atoms with Crippen LogP contribution in [0.15, 0.2) is 30.3 Å². The Hall–Kier alpha value is -0.820. The molecule has 1 saturated carbocycles. The van der Waals surface area contributed by atoms with Crippen molar-refractivity contribution in [3.8, 4) is 0 Å². The van der Waals surface area contributed by atoms with Gasteiger partial charge < -0.3 is 5.32 Å². The predicted octanol–water partition coefficient (Wildman–Crippen LogP) is 3.99. The minimum atomic E-state index is 0.515. The Morgan fingerprint density at radius 1 is 1.24 bits per heavy atom. The molecule has 1 heteroatoms. The molecule has 0 spiro atoms. The van der Waals surface area contributed by atoms with Gasteiger partial charge in [0.15, 0.2) is 0 Å². The number of hydrogen-bond acceptors (Lipinski definition) is 1. The van der Waals surface area contributed by atoms with Crippen molar-refractivity contribution in [1.82, 2.24) is 5.32 Å². The molecule has 0 radical (unpaired) electrons. The maximum Gasteiger partial charge on any atom is 0.0208 e. The lowest BCUT2D eigenvalue weighted by molar-refractivity contribution is 0.149. The molecule has 0 unspecified atom stereocenters. The van der Waals surface area contributed by atoms with Crippen molar-refractivity contribution in [3.05, 3.63) is 35.9 Å². The van der Waals surface area contributed by atoms with Crippen LogP contribution in [0, 0.1) is 11.3 Å². The number of benzene rings is 1. The van der Waals surface area contributed by atoms with Gasteiger partial charge in [0.25, 0.3) is 0 Å².